The van der Waals surface area contributed by atoms with Crippen LogP contribution in [0.1, 0.15) is 12.0 Å². The first-order chi connectivity index (χ1) is 8.65. The minimum atomic E-state index is -0.0462. The lowest BCUT2D eigenvalue weighted by Gasteiger charge is -2.08. The van der Waals surface area contributed by atoms with Gasteiger partial charge in [0.15, 0.2) is 0 Å². The van der Waals surface area contributed by atoms with E-state index in [-0.39, 0.29) is 5.91 Å². The summed E-state index contributed by atoms with van der Waals surface area (Å²) < 4.78 is 2.51. The Hall–Kier alpha value is -1.69. The molecule has 5 nitrogen and oxygen atoms in total. The molecule has 0 unspecified atom stereocenters. The predicted octanol–water partition coefficient (Wildman–Crippen LogP) is 2.38. The lowest BCUT2D eigenvalue weighted by molar-refractivity contribution is -0.116. The zero-order valence-electron chi connectivity index (χ0n) is 9.93. The zero-order valence-corrected chi connectivity index (χ0v) is 11.5. The second-order valence-corrected chi connectivity index (χ2v) is 4.80. The molecule has 0 radical (unpaired) electrons. The van der Waals surface area contributed by atoms with Crippen LogP contribution in [-0.4, -0.2) is 20.9 Å². The third-order valence-corrected chi connectivity index (χ3v) is 3.09. The second-order valence-electron chi connectivity index (χ2n) is 3.95. The van der Waals surface area contributed by atoms with Gasteiger partial charge < -0.3 is 5.32 Å². The highest BCUT2D eigenvalue weighted by molar-refractivity contribution is 9.10. The number of benzene rings is 1. The lowest BCUT2D eigenvalue weighted by atomic mass is 10.2. The van der Waals surface area contributed by atoms with Crippen molar-refractivity contribution in [3.63, 3.8) is 0 Å². The molecule has 1 heterocycles. The van der Waals surface area contributed by atoms with Crippen molar-refractivity contribution < 1.29 is 4.79 Å². The Morgan fingerprint density at radius 3 is 3.00 bits per heavy atom. The molecule has 1 amide bonds. The number of aromatic nitrogens is 3. The SMILES string of the molecule is Cc1ccc(NC(=O)CCn2ccnn2)c(Br)c1. The van der Waals surface area contributed by atoms with Gasteiger partial charge in [-0.2, -0.15) is 0 Å². The topological polar surface area (TPSA) is 59.8 Å². The van der Waals surface area contributed by atoms with E-state index in [1.54, 1.807) is 17.1 Å². The van der Waals surface area contributed by atoms with Crippen LogP contribution < -0.4 is 5.32 Å². The monoisotopic (exact) mass is 308 g/mol. The summed E-state index contributed by atoms with van der Waals surface area (Å²) in [6.45, 7) is 2.52. The van der Waals surface area contributed by atoms with E-state index in [2.05, 4.69) is 31.6 Å². The summed E-state index contributed by atoms with van der Waals surface area (Å²) >= 11 is 3.42. The lowest BCUT2D eigenvalue weighted by Crippen LogP contribution is -2.15. The molecule has 94 valence electrons. The van der Waals surface area contributed by atoms with Crippen LogP contribution in [0.4, 0.5) is 5.69 Å². The van der Waals surface area contributed by atoms with Gasteiger partial charge in [0.2, 0.25) is 5.91 Å². The summed E-state index contributed by atoms with van der Waals surface area (Å²) in [6, 6.07) is 5.80. The molecular weight excluding hydrogens is 296 g/mol. The van der Waals surface area contributed by atoms with Gasteiger partial charge in [0.1, 0.15) is 0 Å². The molecule has 2 aromatic rings. The smallest absolute Gasteiger partial charge is 0.226 e. The number of aryl methyl sites for hydroxylation is 2. The number of carbonyl (C=O) groups is 1. The summed E-state index contributed by atoms with van der Waals surface area (Å²) in [5.74, 6) is -0.0462. The Morgan fingerprint density at radius 1 is 1.50 bits per heavy atom. The van der Waals surface area contributed by atoms with E-state index in [0.717, 1.165) is 15.7 Å². The highest BCUT2D eigenvalue weighted by Crippen LogP contribution is 2.23. The second kappa shape index (κ2) is 5.77. The van der Waals surface area contributed by atoms with Gasteiger partial charge in [-0.25, -0.2) is 0 Å². The molecule has 0 spiro atoms. The summed E-state index contributed by atoms with van der Waals surface area (Å²) in [7, 11) is 0. The number of anilines is 1. The van der Waals surface area contributed by atoms with Crippen LogP contribution in [0.5, 0.6) is 0 Å². The molecule has 0 fully saturated rings. The third-order valence-electron chi connectivity index (χ3n) is 2.44. The predicted molar refractivity (Wildman–Crippen MR) is 72.1 cm³/mol. The van der Waals surface area contributed by atoms with Crippen LogP contribution >= 0.6 is 15.9 Å². The molecule has 0 bridgehead atoms. The van der Waals surface area contributed by atoms with E-state index < -0.39 is 0 Å². The Bertz CT molecular complexity index is 539. The normalized spacial score (nSPS) is 10.3. The number of halogens is 1. The third kappa shape index (κ3) is 3.40. The van der Waals surface area contributed by atoms with Crippen molar-refractivity contribution >= 4 is 27.5 Å². The van der Waals surface area contributed by atoms with E-state index in [4.69, 9.17) is 0 Å². The average molecular weight is 309 g/mol. The van der Waals surface area contributed by atoms with Gasteiger partial charge in [-0.1, -0.05) is 11.3 Å². The summed E-state index contributed by atoms with van der Waals surface area (Å²) in [5.41, 5.74) is 1.92. The zero-order chi connectivity index (χ0) is 13.0. The molecule has 0 saturated heterocycles. The maximum atomic E-state index is 11.8. The first-order valence-electron chi connectivity index (χ1n) is 5.55. The van der Waals surface area contributed by atoms with Gasteiger partial charge in [0.05, 0.1) is 18.4 Å². The maximum absolute atomic E-state index is 11.8. The van der Waals surface area contributed by atoms with E-state index in [1.165, 1.54) is 0 Å². The van der Waals surface area contributed by atoms with Gasteiger partial charge in [-0.3, -0.25) is 9.48 Å². The molecule has 1 aromatic heterocycles. The van der Waals surface area contributed by atoms with E-state index in [1.807, 2.05) is 25.1 Å². The van der Waals surface area contributed by atoms with Crippen LogP contribution in [0.3, 0.4) is 0 Å². The van der Waals surface area contributed by atoms with Crippen LogP contribution in [0.15, 0.2) is 35.1 Å². The molecule has 0 saturated carbocycles. The Labute approximate surface area is 113 Å². The Morgan fingerprint density at radius 2 is 2.33 bits per heavy atom. The van der Waals surface area contributed by atoms with Gasteiger partial charge in [0, 0.05) is 17.1 Å². The van der Waals surface area contributed by atoms with E-state index in [0.29, 0.717) is 13.0 Å². The molecule has 18 heavy (non-hydrogen) atoms. The number of amides is 1. The van der Waals surface area contributed by atoms with Crippen molar-refractivity contribution in [3.05, 3.63) is 40.6 Å². The van der Waals surface area contributed by atoms with Gasteiger partial charge in [-0.05, 0) is 40.5 Å². The molecule has 1 aromatic carbocycles. The number of hydrogen-bond acceptors (Lipinski definition) is 3. The van der Waals surface area contributed by atoms with Gasteiger partial charge in [0.25, 0.3) is 0 Å². The van der Waals surface area contributed by atoms with Crippen molar-refractivity contribution in [2.75, 3.05) is 5.32 Å². The fraction of sp³-hybridized carbons (Fsp3) is 0.250. The number of hydrogen-bond donors (Lipinski definition) is 1. The fourth-order valence-corrected chi connectivity index (χ4v) is 2.09. The molecule has 0 atom stereocenters. The average Bonchev–Trinajstić information content (AvgIpc) is 2.83. The van der Waals surface area contributed by atoms with Crippen molar-refractivity contribution in [1.82, 2.24) is 15.0 Å². The van der Waals surface area contributed by atoms with Crippen LogP contribution in [0.2, 0.25) is 0 Å². The number of carbonyl (C=O) groups excluding carboxylic acids is 1. The van der Waals surface area contributed by atoms with Crippen LogP contribution in [0, 0.1) is 6.92 Å². The Kier molecular flexibility index (Phi) is 4.09. The van der Waals surface area contributed by atoms with Crippen molar-refractivity contribution in [1.29, 1.82) is 0 Å². The number of rotatable bonds is 4. The number of nitrogens with zero attached hydrogens (tertiary/aromatic N) is 3. The highest BCUT2D eigenvalue weighted by Gasteiger charge is 2.06. The summed E-state index contributed by atoms with van der Waals surface area (Å²) in [5, 5.41) is 10.3. The minimum Gasteiger partial charge on any atom is -0.325 e. The highest BCUT2D eigenvalue weighted by atomic mass is 79.9. The molecular formula is C12H13BrN4O. The maximum Gasteiger partial charge on any atom is 0.226 e. The van der Waals surface area contributed by atoms with Gasteiger partial charge >= 0.3 is 0 Å². The van der Waals surface area contributed by atoms with Crippen molar-refractivity contribution in [2.24, 2.45) is 0 Å². The Balaban J connectivity index is 1.91. The number of nitrogens with one attached hydrogen (secondary N) is 1. The standard InChI is InChI=1S/C12H13BrN4O/c1-9-2-3-11(10(13)8-9)15-12(18)4-6-17-7-5-14-16-17/h2-3,5,7-8H,4,6H2,1H3,(H,15,18). The first-order valence-corrected chi connectivity index (χ1v) is 6.34. The largest absolute Gasteiger partial charge is 0.325 e. The van der Waals surface area contributed by atoms with E-state index in [9.17, 15) is 4.79 Å². The van der Waals surface area contributed by atoms with Crippen molar-refractivity contribution in [3.8, 4) is 0 Å². The van der Waals surface area contributed by atoms with Gasteiger partial charge in [-0.15, -0.1) is 5.10 Å². The molecule has 1 N–H and O–H groups in total. The molecule has 6 heteroatoms. The van der Waals surface area contributed by atoms with Crippen LogP contribution in [0.25, 0.3) is 0 Å². The quantitative estimate of drug-likeness (QED) is 0.943. The minimum absolute atomic E-state index is 0.0462. The molecule has 0 aliphatic heterocycles. The molecule has 2 rings (SSSR count). The summed E-state index contributed by atoms with van der Waals surface area (Å²) in [4.78, 5) is 11.8. The van der Waals surface area contributed by atoms with Crippen molar-refractivity contribution in [2.45, 2.75) is 19.9 Å². The molecule has 0 aliphatic rings. The fourth-order valence-electron chi connectivity index (χ4n) is 1.50. The van der Waals surface area contributed by atoms with E-state index >= 15 is 0 Å². The summed E-state index contributed by atoms with van der Waals surface area (Å²) in [6.07, 6.45) is 3.69. The first kappa shape index (κ1) is 12.8. The van der Waals surface area contributed by atoms with Crippen LogP contribution in [-0.2, 0) is 11.3 Å². The molecule has 0 aliphatic carbocycles.